The van der Waals surface area contributed by atoms with Crippen LogP contribution < -0.4 is 5.32 Å². The van der Waals surface area contributed by atoms with Crippen LogP contribution in [0.25, 0.3) is 0 Å². The zero-order chi connectivity index (χ0) is 18.5. The Morgan fingerprint density at radius 3 is 2.73 bits per heavy atom. The summed E-state index contributed by atoms with van der Waals surface area (Å²) < 4.78 is 16.2. The van der Waals surface area contributed by atoms with E-state index < -0.39 is 0 Å². The van der Waals surface area contributed by atoms with E-state index in [0.29, 0.717) is 32.6 Å². The second-order valence-electron chi connectivity index (χ2n) is 6.44. The van der Waals surface area contributed by atoms with Crippen molar-refractivity contribution in [2.24, 2.45) is 0 Å². The number of rotatable bonds is 7. The molecule has 3 heterocycles. The molecule has 0 aromatic carbocycles. The molecule has 3 rings (SSSR count). The first-order valence-electron chi connectivity index (χ1n) is 8.80. The van der Waals surface area contributed by atoms with Gasteiger partial charge in [0, 0.05) is 31.6 Å². The number of halogens is 1. The summed E-state index contributed by atoms with van der Waals surface area (Å²) in [6.07, 6.45) is 0.830. The number of hydrogen-bond donors (Lipinski definition) is 1. The molecule has 0 aliphatic carbocycles. The van der Waals surface area contributed by atoms with E-state index in [2.05, 4.69) is 15.4 Å². The van der Waals surface area contributed by atoms with E-state index in [4.69, 9.17) is 25.3 Å². The predicted octanol–water partition coefficient (Wildman–Crippen LogP) is 2.66. The van der Waals surface area contributed by atoms with Crippen LogP contribution in [0.3, 0.4) is 0 Å². The molecule has 1 aliphatic heterocycles. The van der Waals surface area contributed by atoms with Crippen LogP contribution in [0.15, 0.2) is 21.1 Å². The number of ether oxygens (including phenoxy) is 1. The van der Waals surface area contributed by atoms with E-state index in [-0.39, 0.29) is 17.2 Å². The molecule has 8 heteroatoms. The topological polar surface area (TPSA) is 80.7 Å². The normalized spacial score (nSPS) is 16.6. The Morgan fingerprint density at radius 1 is 1.35 bits per heavy atom. The number of nitrogens with one attached hydrogen (secondary N) is 1. The number of nitrogens with zero attached hydrogens (tertiary/aromatic N) is 2. The van der Waals surface area contributed by atoms with Crippen molar-refractivity contribution in [1.29, 1.82) is 0 Å². The van der Waals surface area contributed by atoms with E-state index in [9.17, 15) is 4.79 Å². The van der Waals surface area contributed by atoms with E-state index in [1.165, 1.54) is 0 Å². The predicted molar refractivity (Wildman–Crippen MR) is 96.2 cm³/mol. The smallest absolute Gasteiger partial charge is 0.229 e. The molecule has 2 aromatic heterocycles. The van der Waals surface area contributed by atoms with Crippen molar-refractivity contribution in [3.63, 3.8) is 0 Å². The Morgan fingerprint density at radius 2 is 2.12 bits per heavy atom. The SMILES string of the molecule is Cc1ccc(C(CNC(=O)CCc2c(C)noc2Cl)N2CCOCC2)o1. The minimum absolute atomic E-state index is 0.00235. The van der Waals surface area contributed by atoms with Gasteiger partial charge in [-0.3, -0.25) is 9.69 Å². The highest BCUT2D eigenvalue weighted by Gasteiger charge is 2.25. The first kappa shape index (κ1) is 18.9. The van der Waals surface area contributed by atoms with Gasteiger partial charge >= 0.3 is 0 Å². The summed E-state index contributed by atoms with van der Waals surface area (Å²) in [6.45, 7) is 7.23. The molecule has 1 saturated heterocycles. The maximum Gasteiger partial charge on any atom is 0.229 e. The monoisotopic (exact) mass is 381 g/mol. The second-order valence-corrected chi connectivity index (χ2v) is 6.78. The van der Waals surface area contributed by atoms with Crippen LogP contribution in [0, 0.1) is 13.8 Å². The maximum absolute atomic E-state index is 12.3. The molecule has 142 valence electrons. The Labute approximate surface area is 157 Å². The number of amides is 1. The number of morpholine rings is 1. The molecule has 7 nitrogen and oxygen atoms in total. The van der Waals surface area contributed by atoms with Crippen LogP contribution in [0.5, 0.6) is 0 Å². The quantitative estimate of drug-likeness (QED) is 0.794. The van der Waals surface area contributed by atoms with Gasteiger partial charge in [0.2, 0.25) is 11.1 Å². The van der Waals surface area contributed by atoms with E-state index >= 15 is 0 Å². The molecule has 0 spiro atoms. The van der Waals surface area contributed by atoms with Crippen LogP contribution in [0.4, 0.5) is 0 Å². The van der Waals surface area contributed by atoms with Gasteiger partial charge in [-0.15, -0.1) is 0 Å². The number of aromatic nitrogens is 1. The highest BCUT2D eigenvalue weighted by molar-refractivity contribution is 6.29. The minimum atomic E-state index is -0.0387. The van der Waals surface area contributed by atoms with Gasteiger partial charge in [0.15, 0.2) is 0 Å². The third-order valence-electron chi connectivity index (χ3n) is 4.61. The highest BCUT2D eigenvalue weighted by Crippen LogP contribution is 2.24. The molecule has 1 amide bonds. The van der Waals surface area contributed by atoms with Crippen LogP contribution in [-0.2, 0) is 16.0 Å². The Bertz CT molecular complexity index is 717. The number of hydrogen-bond acceptors (Lipinski definition) is 6. The fraction of sp³-hybridized carbons (Fsp3) is 0.556. The maximum atomic E-state index is 12.3. The fourth-order valence-electron chi connectivity index (χ4n) is 3.11. The first-order chi connectivity index (χ1) is 12.5. The van der Waals surface area contributed by atoms with Crippen molar-refractivity contribution < 1.29 is 18.5 Å². The lowest BCUT2D eigenvalue weighted by Gasteiger charge is -2.33. The second kappa shape index (κ2) is 8.70. The molecule has 1 atom stereocenters. The molecule has 2 aromatic rings. The molecule has 1 N–H and O–H groups in total. The van der Waals surface area contributed by atoms with E-state index in [0.717, 1.165) is 35.9 Å². The zero-order valence-corrected chi connectivity index (χ0v) is 15.8. The molecule has 1 fully saturated rings. The zero-order valence-electron chi connectivity index (χ0n) is 15.1. The van der Waals surface area contributed by atoms with Gasteiger partial charge in [-0.2, -0.15) is 0 Å². The van der Waals surface area contributed by atoms with Gasteiger partial charge in [-0.1, -0.05) is 5.16 Å². The number of carbonyl (C=O) groups is 1. The third kappa shape index (κ3) is 4.66. The van der Waals surface area contributed by atoms with Gasteiger partial charge < -0.3 is 19.0 Å². The Hall–Kier alpha value is -1.83. The summed E-state index contributed by atoms with van der Waals surface area (Å²) in [5.74, 6) is 1.69. The van der Waals surface area contributed by atoms with Gasteiger partial charge in [-0.25, -0.2) is 0 Å². The van der Waals surface area contributed by atoms with Gasteiger partial charge in [0.1, 0.15) is 11.5 Å². The van der Waals surface area contributed by atoms with Crippen LogP contribution in [-0.4, -0.2) is 48.8 Å². The summed E-state index contributed by atoms with van der Waals surface area (Å²) in [5, 5.41) is 7.07. The number of carbonyl (C=O) groups excluding carboxylic acids is 1. The molecular formula is C18H24ClN3O4. The first-order valence-corrected chi connectivity index (χ1v) is 9.18. The molecule has 0 radical (unpaired) electrons. The van der Waals surface area contributed by atoms with Crippen molar-refractivity contribution in [2.75, 3.05) is 32.8 Å². The van der Waals surface area contributed by atoms with E-state index in [1.807, 2.05) is 26.0 Å². The average molecular weight is 382 g/mol. The van der Waals surface area contributed by atoms with E-state index in [1.54, 1.807) is 0 Å². The third-order valence-corrected chi connectivity index (χ3v) is 4.90. The number of aryl methyl sites for hydroxylation is 2. The molecular weight excluding hydrogens is 358 g/mol. The largest absolute Gasteiger partial charge is 0.465 e. The lowest BCUT2D eigenvalue weighted by Crippen LogP contribution is -2.43. The summed E-state index contributed by atoms with van der Waals surface area (Å²) >= 11 is 5.95. The minimum Gasteiger partial charge on any atom is -0.465 e. The van der Waals surface area contributed by atoms with Crippen molar-refractivity contribution in [2.45, 2.75) is 32.7 Å². The fourth-order valence-corrected chi connectivity index (χ4v) is 3.37. The van der Waals surface area contributed by atoms with Crippen LogP contribution in [0.1, 0.15) is 35.2 Å². The van der Waals surface area contributed by atoms with Crippen molar-refractivity contribution in [3.05, 3.63) is 40.1 Å². The summed E-state index contributed by atoms with van der Waals surface area (Å²) in [5.41, 5.74) is 1.51. The number of furan rings is 1. The molecule has 0 saturated carbocycles. The van der Waals surface area contributed by atoms with Crippen LogP contribution in [0.2, 0.25) is 5.22 Å². The molecule has 1 aliphatic rings. The summed E-state index contributed by atoms with van der Waals surface area (Å²) in [4.78, 5) is 14.6. The molecule has 26 heavy (non-hydrogen) atoms. The van der Waals surface area contributed by atoms with Crippen molar-refractivity contribution in [1.82, 2.24) is 15.4 Å². The summed E-state index contributed by atoms with van der Waals surface area (Å²) in [6, 6.07) is 3.92. The van der Waals surface area contributed by atoms with Gasteiger partial charge in [0.05, 0.1) is 24.9 Å². The highest BCUT2D eigenvalue weighted by atomic mass is 35.5. The summed E-state index contributed by atoms with van der Waals surface area (Å²) in [7, 11) is 0. The Balaban J connectivity index is 1.57. The van der Waals surface area contributed by atoms with Gasteiger partial charge in [-0.05, 0) is 44.0 Å². The van der Waals surface area contributed by atoms with Crippen molar-refractivity contribution in [3.8, 4) is 0 Å². The van der Waals surface area contributed by atoms with Crippen molar-refractivity contribution >= 4 is 17.5 Å². The molecule has 0 bridgehead atoms. The van der Waals surface area contributed by atoms with Gasteiger partial charge in [0.25, 0.3) is 0 Å². The average Bonchev–Trinajstić information content (AvgIpc) is 3.20. The lowest BCUT2D eigenvalue weighted by molar-refractivity contribution is -0.121. The molecule has 1 unspecified atom stereocenters. The van der Waals surface area contributed by atoms with Crippen LogP contribution >= 0.6 is 11.6 Å². The standard InChI is InChI=1S/C18H24ClN3O4/c1-12-3-5-16(25-12)15(22-7-9-24-10-8-22)11-20-17(23)6-4-14-13(2)21-26-18(14)19/h3,5,15H,4,6-11H2,1-2H3,(H,20,23). The Kier molecular flexibility index (Phi) is 6.34. The lowest BCUT2D eigenvalue weighted by atomic mass is 10.1.